The van der Waals surface area contributed by atoms with Crippen molar-refractivity contribution in [3.63, 3.8) is 0 Å². The smallest absolute Gasteiger partial charge is 0.157 e. The van der Waals surface area contributed by atoms with Gasteiger partial charge in [0.15, 0.2) is 6.29 Å². The molecule has 1 saturated heterocycles. The van der Waals surface area contributed by atoms with E-state index >= 15 is 0 Å². The van der Waals surface area contributed by atoms with Gasteiger partial charge in [-0.3, -0.25) is 0 Å². The third-order valence-corrected chi connectivity index (χ3v) is 2.53. The highest BCUT2D eigenvalue weighted by atomic mass is 16.7. The fourth-order valence-electron chi connectivity index (χ4n) is 1.58. The first-order chi connectivity index (χ1) is 7.83. The molecule has 1 atom stereocenters. The Bertz CT molecular complexity index is 195. The molecule has 0 bridgehead atoms. The maximum absolute atomic E-state index is 5.61. The van der Waals surface area contributed by atoms with Crippen molar-refractivity contribution in [1.82, 2.24) is 0 Å². The van der Waals surface area contributed by atoms with Gasteiger partial charge in [-0.15, -0.1) is 0 Å². The predicted octanol–water partition coefficient (Wildman–Crippen LogP) is 2.90. The molecule has 0 aromatic carbocycles. The number of ether oxygens (including phenoxy) is 3. The highest BCUT2D eigenvalue weighted by Gasteiger charge is 2.12. The molecule has 16 heavy (non-hydrogen) atoms. The van der Waals surface area contributed by atoms with Crippen LogP contribution in [0.25, 0.3) is 0 Å². The van der Waals surface area contributed by atoms with Crippen LogP contribution in [-0.4, -0.2) is 32.7 Å². The minimum Gasteiger partial charge on any atom is -0.377 e. The average molecular weight is 228 g/mol. The zero-order valence-corrected chi connectivity index (χ0v) is 10.5. The maximum Gasteiger partial charge on any atom is 0.157 e. The van der Waals surface area contributed by atoms with Crippen molar-refractivity contribution in [1.29, 1.82) is 0 Å². The maximum atomic E-state index is 5.61. The lowest BCUT2D eigenvalue weighted by molar-refractivity contribution is -0.155. The van der Waals surface area contributed by atoms with E-state index in [1.807, 2.05) is 0 Å². The summed E-state index contributed by atoms with van der Waals surface area (Å²) in [5, 5.41) is 0. The molecular formula is C13H24O3. The summed E-state index contributed by atoms with van der Waals surface area (Å²) in [7, 11) is 0. The van der Waals surface area contributed by atoms with E-state index in [2.05, 4.69) is 19.9 Å². The molecule has 3 heteroatoms. The lowest BCUT2D eigenvalue weighted by Gasteiger charge is -2.22. The summed E-state index contributed by atoms with van der Waals surface area (Å²) in [6.07, 6.45) is 6.56. The van der Waals surface area contributed by atoms with E-state index in [9.17, 15) is 0 Å². The molecule has 0 amide bonds. The van der Waals surface area contributed by atoms with Gasteiger partial charge in [0, 0.05) is 13.2 Å². The van der Waals surface area contributed by atoms with Crippen molar-refractivity contribution >= 4 is 0 Å². The molecule has 0 spiro atoms. The van der Waals surface area contributed by atoms with Crippen molar-refractivity contribution in [2.75, 3.05) is 26.4 Å². The van der Waals surface area contributed by atoms with Crippen LogP contribution >= 0.6 is 0 Å². The highest BCUT2D eigenvalue weighted by molar-refractivity contribution is 4.98. The Morgan fingerprint density at radius 2 is 2.31 bits per heavy atom. The third-order valence-electron chi connectivity index (χ3n) is 2.53. The van der Waals surface area contributed by atoms with Crippen LogP contribution in [0.3, 0.4) is 0 Å². The van der Waals surface area contributed by atoms with Crippen LogP contribution < -0.4 is 0 Å². The zero-order valence-electron chi connectivity index (χ0n) is 10.5. The molecule has 3 nitrogen and oxygen atoms in total. The Morgan fingerprint density at radius 3 is 3.00 bits per heavy atom. The summed E-state index contributed by atoms with van der Waals surface area (Å²) >= 11 is 0. The fourth-order valence-corrected chi connectivity index (χ4v) is 1.58. The van der Waals surface area contributed by atoms with Crippen molar-refractivity contribution in [3.05, 3.63) is 11.6 Å². The van der Waals surface area contributed by atoms with Crippen LogP contribution in [-0.2, 0) is 14.2 Å². The second kappa shape index (κ2) is 8.74. The van der Waals surface area contributed by atoms with Gasteiger partial charge in [0.05, 0.1) is 13.2 Å². The molecule has 1 unspecified atom stereocenters. The first-order valence-electron chi connectivity index (χ1n) is 6.29. The van der Waals surface area contributed by atoms with Gasteiger partial charge < -0.3 is 14.2 Å². The van der Waals surface area contributed by atoms with Crippen LogP contribution in [0, 0.1) is 0 Å². The number of hydrogen-bond donors (Lipinski definition) is 0. The molecule has 1 fully saturated rings. The summed E-state index contributed by atoms with van der Waals surface area (Å²) in [4.78, 5) is 0. The molecule has 1 aliphatic rings. The minimum atomic E-state index is 0.00867. The monoisotopic (exact) mass is 228 g/mol. The first kappa shape index (κ1) is 13.7. The molecule has 0 radical (unpaired) electrons. The minimum absolute atomic E-state index is 0.00867. The Kier molecular flexibility index (Phi) is 7.47. The van der Waals surface area contributed by atoms with Gasteiger partial charge >= 0.3 is 0 Å². The van der Waals surface area contributed by atoms with Gasteiger partial charge in [-0.2, -0.15) is 0 Å². The normalized spacial score (nSPS) is 22.4. The van der Waals surface area contributed by atoms with E-state index in [-0.39, 0.29) is 6.29 Å². The standard InChI is InChI=1S/C13H24O3/c1-3-8-14-11-12(2)7-10-16-13-6-4-5-9-15-13/h7,13H,3-6,8-11H2,1-2H3/b12-7-. The summed E-state index contributed by atoms with van der Waals surface area (Å²) in [5.74, 6) is 0. The summed E-state index contributed by atoms with van der Waals surface area (Å²) in [5.41, 5.74) is 1.23. The molecule has 1 heterocycles. The van der Waals surface area contributed by atoms with Gasteiger partial charge in [0.1, 0.15) is 0 Å². The van der Waals surface area contributed by atoms with Gasteiger partial charge in [-0.05, 0) is 38.2 Å². The van der Waals surface area contributed by atoms with E-state index < -0.39 is 0 Å². The third kappa shape index (κ3) is 6.26. The second-order valence-electron chi connectivity index (χ2n) is 4.23. The Hall–Kier alpha value is -0.380. The van der Waals surface area contributed by atoms with Crippen LogP contribution in [0.15, 0.2) is 11.6 Å². The van der Waals surface area contributed by atoms with Crippen molar-refractivity contribution in [2.45, 2.75) is 45.8 Å². The van der Waals surface area contributed by atoms with Crippen LogP contribution in [0.4, 0.5) is 0 Å². The summed E-state index contributed by atoms with van der Waals surface area (Å²) in [6, 6.07) is 0. The zero-order chi connectivity index (χ0) is 11.6. The SMILES string of the molecule is CCCOC/C(C)=C\COC1CCCCO1. The largest absolute Gasteiger partial charge is 0.377 e. The van der Waals surface area contributed by atoms with Crippen molar-refractivity contribution in [2.24, 2.45) is 0 Å². The van der Waals surface area contributed by atoms with E-state index in [4.69, 9.17) is 14.2 Å². The highest BCUT2D eigenvalue weighted by Crippen LogP contribution is 2.13. The molecule has 0 aliphatic carbocycles. The predicted molar refractivity (Wildman–Crippen MR) is 64.4 cm³/mol. The van der Waals surface area contributed by atoms with Crippen LogP contribution in [0.1, 0.15) is 39.5 Å². The van der Waals surface area contributed by atoms with Gasteiger partial charge in [0.2, 0.25) is 0 Å². The van der Waals surface area contributed by atoms with E-state index in [1.54, 1.807) is 0 Å². The van der Waals surface area contributed by atoms with Gasteiger partial charge in [-0.1, -0.05) is 13.0 Å². The topological polar surface area (TPSA) is 27.7 Å². The van der Waals surface area contributed by atoms with E-state index in [1.165, 1.54) is 18.4 Å². The molecular weight excluding hydrogens is 204 g/mol. The summed E-state index contributed by atoms with van der Waals surface area (Å²) in [6.45, 7) is 7.20. The number of rotatable bonds is 7. The number of hydrogen-bond acceptors (Lipinski definition) is 3. The molecule has 94 valence electrons. The molecule has 1 rings (SSSR count). The Labute approximate surface area is 98.8 Å². The van der Waals surface area contributed by atoms with Crippen LogP contribution in [0.2, 0.25) is 0 Å². The first-order valence-corrected chi connectivity index (χ1v) is 6.29. The quantitative estimate of drug-likeness (QED) is 0.495. The molecule has 0 aromatic heterocycles. The van der Waals surface area contributed by atoms with Crippen LogP contribution in [0.5, 0.6) is 0 Å². The Morgan fingerprint density at radius 1 is 1.44 bits per heavy atom. The van der Waals surface area contributed by atoms with Crippen molar-refractivity contribution in [3.8, 4) is 0 Å². The van der Waals surface area contributed by atoms with Gasteiger partial charge in [0.25, 0.3) is 0 Å². The second-order valence-corrected chi connectivity index (χ2v) is 4.23. The lowest BCUT2D eigenvalue weighted by atomic mass is 10.2. The fraction of sp³-hybridized carbons (Fsp3) is 0.846. The molecule has 0 saturated carbocycles. The molecule has 1 aliphatic heterocycles. The Balaban J connectivity index is 2.05. The average Bonchev–Trinajstić information content (AvgIpc) is 2.31. The lowest BCUT2D eigenvalue weighted by Crippen LogP contribution is -2.22. The van der Waals surface area contributed by atoms with Gasteiger partial charge in [-0.25, -0.2) is 0 Å². The molecule has 0 N–H and O–H groups in total. The molecule has 0 aromatic rings. The van der Waals surface area contributed by atoms with Crippen molar-refractivity contribution < 1.29 is 14.2 Å². The van der Waals surface area contributed by atoms with E-state index in [0.29, 0.717) is 13.2 Å². The summed E-state index contributed by atoms with van der Waals surface area (Å²) < 4.78 is 16.5. The van der Waals surface area contributed by atoms with E-state index in [0.717, 1.165) is 26.1 Å².